The minimum absolute atomic E-state index is 0.0373. The van der Waals surface area contributed by atoms with E-state index in [1.807, 2.05) is 6.92 Å². The van der Waals surface area contributed by atoms with E-state index in [0.717, 1.165) is 31.0 Å². The van der Waals surface area contributed by atoms with Gasteiger partial charge in [-0.1, -0.05) is 31.9 Å². The molecule has 1 atom stereocenters. The molecule has 0 N–H and O–H groups in total. The summed E-state index contributed by atoms with van der Waals surface area (Å²) in [5, 5.41) is 0. The molecule has 128 valence electrons. The zero-order valence-electron chi connectivity index (χ0n) is 13.2. The van der Waals surface area contributed by atoms with Crippen LogP contribution in [-0.4, -0.2) is 0 Å². The summed E-state index contributed by atoms with van der Waals surface area (Å²) in [5.74, 6) is -6.00. The average molecular weight is 340 g/mol. The maximum absolute atomic E-state index is 14.8. The molecule has 1 unspecified atom stereocenters. The molecule has 2 aromatic carbocycles. The Morgan fingerprint density at radius 2 is 1.67 bits per heavy atom. The van der Waals surface area contributed by atoms with Gasteiger partial charge in [0.05, 0.1) is 5.56 Å². The van der Waals surface area contributed by atoms with Gasteiger partial charge in [-0.2, -0.15) is 0 Å². The minimum Gasteiger partial charge on any atom is -0.206 e. The average Bonchev–Trinajstić information content (AvgIpc) is 2.57. The Morgan fingerprint density at radius 1 is 0.917 bits per heavy atom. The van der Waals surface area contributed by atoms with E-state index in [9.17, 15) is 22.0 Å². The number of hydrogen-bond donors (Lipinski definition) is 0. The third kappa shape index (κ3) is 2.70. The Hall–Kier alpha value is -1.91. The summed E-state index contributed by atoms with van der Waals surface area (Å²) in [6.45, 7) is 2.00. The van der Waals surface area contributed by atoms with Crippen molar-refractivity contribution in [2.24, 2.45) is 5.92 Å². The summed E-state index contributed by atoms with van der Waals surface area (Å²) in [4.78, 5) is 0. The topological polar surface area (TPSA) is 0 Å². The second-order valence-corrected chi connectivity index (χ2v) is 6.27. The first kappa shape index (κ1) is 16.9. The number of hydrogen-bond acceptors (Lipinski definition) is 0. The van der Waals surface area contributed by atoms with Crippen LogP contribution in [0.3, 0.4) is 0 Å². The highest BCUT2D eigenvalue weighted by molar-refractivity contribution is 5.68. The monoisotopic (exact) mass is 340 g/mol. The van der Waals surface area contributed by atoms with Gasteiger partial charge in [0.15, 0.2) is 23.3 Å². The summed E-state index contributed by atoms with van der Waals surface area (Å²) >= 11 is 0. The third-order valence-corrected chi connectivity index (χ3v) is 4.74. The van der Waals surface area contributed by atoms with Crippen LogP contribution in [0, 0.1) is 35.0 Å². The van der Waals surface area contributed by atoms with E-state index in [4.69, 9.17) is 0 Å². The first-order chi connectivity index (χ1) is 11.5. The molecule has 0 saturated heterocycles. The van der Waals surface area contributed by atoms with Crippen molar-refractivity contribution in [3.05, 3.63) is 58.4 Å². The maximum atomic E-state index is 14.8. The number of benzene rings is 2. The molecule has 24 heavy (non-hydrogen) atoms. The van der Waals surface area contributed by atoms with Crippen molar-refractivity contribution in [1.29, 1.82) is 0 Å². The fourth-order valence-corrected chi connectivity index (χ4v) is 3.56. The molecule has 1 aliphatic rings. The van der Waals surface area contributed by atoms with E-state index in [2.05, 4.69) is 0 Å². The summed E-state index contributed by atoms with van der Waals surface area (Å²) in [6, 6.07) is 3.04. The van der Waals surface area contributed by atoms with Crippen molar-refractivity contribution in [1.82, 2.24) is 0 Å². The van der Waals surface area contributed by atoms with Crippen LogP contribution in [0.25, 0.3) is 11.1 Å². The van der Waals surface area contributed by atoms with E-state index in [1.54, 1.807) is 0 Å². The van der Waals surface area contributed by atoms with Crippen molar-refractivity contribution < 1.29 is 22.0 Å². The maximum Gasteiger partial charge on any atom is 0.169 e. The molecule has 3 rings (SSSR count). The normalized spacial score (nSPS) is 17.0. The Kier molecular flexibility index (Phi) is 4.61. The molecule has 0 heterocycles. The molecule has 0 saturated carbocycles. The molecular formula is C19H17F5. The fraction of sp³-hybridized carbons (Fsp3) is 0.368. The predicted molar refractivity (Wildman–Crippen MR) is 82.1 cm³/mol. The lowest BCUT2D eigenvalue weighted by Crippen LogP contribution is -2.19. The van der Waals surface area contributed by atoms with Gasteiger partial charge in [-0.15, -0.1) is 0 Å². The predicted octanol–water partition coefficient (Wildman–Crippen LogP) is 5.95. The molecule has 0 nitrogen and oxygen atoms in total. The Balaban J connectivity index is 2.18. The highest BCUT2D eigenvalue weighted by Gasteiger charge is 2.31. The van der Waals surface area contributed by atoms with Crippen LogP contribution in [0.1, 0.15) is 37.3 Å². The Morgan fingerprint density at radius 3 is 2.38 bits per heavy atom. The van der Waals surface area contributed by atoms with Gasteiger partial charge in [-0.25, -0.2) is 22.0 Å². The molecular weight excluding hydrogens is 323 g/mol. The van der Waals surface area contributed by atoms with Crippen molar-refractivity contribution in [2.75, 3.05) is 0 Å². The minimum atomic E-state index is -1.45. The van der Waals surface area contributed by atoms with Gasteiger partial charge in [0.2, 0.25) is 0 Å². The Bertz CT molecular complexity index is 782. The van der Waals surface area contributed by atoms with Crippen molar-refractivity contribution in [2.45, 2.75) is 39.0 Å². The smallest absolute Gasteiger partial charge is 0.169 e. The second-order valence-electron chi connectivity index (χ2n) is 6.27. The zero-order chi connectivity index (χ0) is 17.4. The summed E-state index contributed by atoms with van der Waals surface area (Å²) in [5.41, 5.74) is -1.30. The molecule has 0 fully saturated rings. The second kappa shape index (κ2) is 6.54. The van der Waals surface area contributed by atoms with Crippen LogP contribution in [0.15, 0.2) is 18.2 Å². The van der Waals surface area contributed by atoms with Crippen molar-refractivity contribution >= 4 is 0 Å². The van der Waals surface area contributed by atoms with Crippen molar-refractivity contribution in [3.8, 4) is 11.1 Å². The van der Waals surface area contributed by atoms with Crippen LogP contribution in [0.2, 0.25) is 0 Å². The van der Waals surface area contributed by atoms with Crippen LogP contribution in [-0.2, 0) is 12.8 Å². The lowest BCUT2D eigenvalue weighted by Gasteiger charge is -2.26. The van der Waals surface area contributed by atoms with Gasteiger partial charge >= 0.3 is 0 Å². The number of halogens is 5. The highest BCUT2D eigenvalue weighted by atomic mass is 19.2. The van der Waals surface area contributed by atoms with Crippen LogP contribution in [0.4, 0.5) is 22.0 Å². The van der Waals surface area contributed by atoms with Gasteiger partial charge < -0.3 is 0 Å². The SMILES string of the molecule is CCCC1CCc2c(F)c(-c3cccc(F)c3F)c(F)c(F)c2C1. The van der Waals surface area contributed by atoms with Crippen LogP contribution in [0.5, 0.6) is 0 Å². The molecule has 1 aliphatic carbocycles. The van der Waals surface area contributed by atoms with E-state index in [-0.39, 0.29) is 29.9 Å². The first-order valence-electron chi connectivity index (χ1n) is 8.08. The Labute approximate surface area is 137 Å². The summed E-state index contributed by atoms with van der Waals surface area (Å²) in [7, 11) is 0. The largest absolute Gasteiger partial charge is 0.206 e. The molecule has 2 aromatic rings. The molecule has 0 amide bonds. The van der Waals surface area contributed by atoms with Crippen molar-refractivity contribution in [3.63, 3.8) is 0 Å². The van der Waals surface area contributed by atoms with Gasteiger partial charge in [-0.3, -0.25) is 0 Å². The summed E-state index contributed by atoms with van der Waals surface area (Å²) in [6.07, 6.45) is 3.00. The molecule has 0 bridgehead atoms. The van der Waals surface area contributed by atoms with E-state index < -0.39 is 40.2 Å². The highest BCUT2D eigenvalue weighted by Crippen LogP contribution is 2.39. The van der Waals surface area contributed by atoms with E-state index >= 15 is 0 Å². The molecule has 0 aromatic heterocycles. The van der Waals surface area contributed by atoms with Gasteiger partial charge in [0.1, 0.15) is 5.82 Å². The zero-order valence-corrected chi connectivity index (χ0v) is 13.2. The lowest BCUT2D eigenvalue weighted by molar-refractivity contribution is 0.391. The fourth-order valence-electron chi connectivity index (χ4n) is 3.56. The third-order valence-electron chi connectivity index (χ3n) is 4.74. The van der Waals surface area contributed by atoms with Gasteiger partial charge in [-0.05, 0) is 42.4 Å². The lowest BCUT2D eigenvalue weighted by atomic mass is 9.80. The summed E-state index contributed by atoms with van der Waals surface area (Å²) < 4.78 is 71.1. The molecule has 0 spiro atoms. The van der Waals surface area contributed by atoms with Gasteiger partial charge in [0, 0.05) is 5.56 Å². The standard InChI is InChI=1S/C19H17F5/c1-2-4-10-7-8-11-13(9-10)18(23)19(24)15(17(11)22)12-5-3-6-14(20)16(12)21/h3,5-6,10H,2,4,7-9H2,1H3. The van der Waals surface area contributed by atoms with Gasteiger partial charge in [0.25, 0.3) is 0 Å². The molecule has 0 radical (unpaired) electrons. The molecule has 5 heteroatoms. The van der Waals surface area contributed by atoms with Crippen LogP contribution >= 0.6 is 0 Å². The van der Waals surface area contributed by atoms with E-state index in [0.29, 0.717) is 6.42 Å². The first-order valence-corrected chi connectivity index (χ1v) is 8.08. The van der Waals surface area contributed by atoms with E-state index in [1.165, 1.54) is 0 Å². The number of fused-ring (bicyclic) bond motifs is 1. The quantitative estimate of drug-likeness (QED) is 0.478. The molecule has 0 aliphatic heterocycles. The van der Waals surface area contributed by atoms with Crippen LogP contribution < -0.4 is 0 Å². The number of rotatable bonds is 3.